The number of nitrogens with one attached hydrogen (secondary N) is 1. The largest absolute Gasteiger partial charge is 0.377 e. The van der Waals surface area contributed by atoms with Crippen LogP contribution >= 0.6 is 0 Å². The zero-order valence-electron chi connectivity index (χ0n) is 18.0. The monoisotopic (exact) mass is 455 g/mol. The van der Waals surface area contributed by atoms with E-state index in [4.69, 9.17) is 10.3 Å². The van der Waals surface area contributed by atoms with Gasteiger partial charge in [0, 0.05) is 11.6 Å². The molecule has 0 amide bonds. The number of anilines is 1. The maximum absolute atomic E-state index is 14.4. The molecule has 4 rings (SSSR count). The fourth-order valence-corrected chi connectivity index (χ4v) is 3.38. The van der Waals surface area contributed by atoms with E-state index in [9.17, 15) is 13.9 Å². The van der Waals surface area contributed by atoms with Crippen LogP contribution in [0.25, 0.3) is 22.9 Å². The van der Waals surface area contributed by atoms with Crippen LogP contribution < -0.4 is 11.1 Å². The van der Waals surface area contributed by atoms with Gasteiger partial charge < -0.3 is 20.7 Å². The quantitative estimate of drug-likeness (QED) is 0.346. The maximum atomic E-state index is 14.4. The molecule has 0 fully saturated rings. The molecule has 172 valence electrons. The predicted molar refractivity (Wildman–Crippen MR) is 117 cm³/mol. The Hall–Kier alpha value is -3.70. The zero-order valence-corrected chi connectivity index (χ0v) is 18.0. The third kappa shape index (κ3) is 4.89. The van der Waals surface area contributed by atoms with Crippen LogP contribution in [0, 0.1) is 17.6 Å². The molecule has 0 spiro atoms. The van der Waals surface area contributed by atoms with Crippen molar-refractivity contribution in [1.29, 1.82) is 0 Å². The lowest BCUT2D eigenvalue weighted by molar-refractivity contribution is 0.140. The molecule has 0 aliphatic heterocycles. The van der Waals surface area contributed by atoms with Gasteiger partial charge in [-0.2, -0.15) is 5.10 Å². The van der Waals surface area contributed by atoms with Crippen LogP contribution in [0.15, 0.2) is 53.4 Å². The fourth-order valence-electron chi connectivity index (χ4n) is 3.38. The molecule has 0 bridgehead atoms. The van der Waals surface area contributed by atoms with Gasteiger partial charge in [-0.3, -0.25) is 4.68 Å². The zero-order chi connectivity index (χ0) is 23.5. The van der Waals surface area contributed by atoms with E-state index in [-0.39, 0.29) is 29.9 Å². The van der Waals surface area contributed by atoms with Gasteiger partial charge in [0.05, 0.1) is 24.5 Å². The van der Waals surface area contributed by atoms with Gasteiger partial charge >= 0.3 is 0 Å². The minimum absolute atomic E-state index is 0.0958. The minimum atomic E-state index is -1.22. The smallest absolute Gasteiger partial charge is 0.183 e. The highest BCUT2D eigenvalue weighted by Gasteiger charge is 2.23. The standard InChI is InChI=1S/C22H23F2N7O2/c1-12(2)19(20(25)32)27-21-15(24)10-26-22(28-21)17-9-18(16-7-8-33-30-16)31(29-17)11-13-5-3-4-6-14(13)23/h3-10,12,19-20,32H,11,25H2,1-2H3,(H,26,27,28). The van der Waals surface area contributed by atoms with E-state index < -0.39 is 18.1 Å². The second-order valence-corrected chi connectivity index (χ2v) is 7.84. The van der Waals surface area contributed by atoms with E-state index in [0.29, 0.717) is 22.6 Å². The summed E-state index contributed by atoms with van der Waals surface area (Å²) in [6.45, 7) is 3.79. The number of hydrogen-bond donors (Lipinski definition) is 3. The number of nitrogens with two attached hydrogens (primary N) is 1. The summed E-state index contributed by atoms with van der Waals surface area (Å²) in [7, 11) is 0. The summed E-state index contributed by atoms with van der Waals surface area (Å²) in [5, 5.41) is 21.1. The van der Waals surface area contributed by atoms with Gasteiger partial charge in [-0.25, -0.2) is 18.7 Å². The van der Waals surface area contributed by atoms with Crippen molar-refractivity contribution in [2.75, 3.05) is 5.32 Å². The lowest BCUT2D eigenvalue weighted by Crippen LogP contribution is -2.44. The summed E-state index contributed by atoms with van der Waals surface area (Å²) < 4.78 is 35.2. The molecule has 0 aliphatic carbocycles. The van der Waals surface area contributed by atoms with Crippen molar-refractivity contribution >= 4 is 5.82 Å². The molecule has 2 atom stereocenters. The predicted octanol–water partition coefficient (Wildman–Crippen LogP) is 3.04. The van der Waals surface area contributed by atoms with Crippen molar-refractivity contribution in [3.05, 3.63) is 66.1 Å². The summed E-state index contributed by atoms with van der Waals surface area (Å²) in [4.78, 5) is 8.30. The minimum Gasteiger partial charge on any atom is -0.377 e. The number of aromatic nitrogens is 5. The molecule has 4 N–H and O–H groups in total. The van der Waals surface area contributed by atoms with Gasteiger partial charge in [0.1, 0.15) is 29.7 Å². The Bertz CT molecular complexity index is 1220. The van der Waals surface area contributed by atoms with E-state index in [2.05, 4.69) is 25.5 Å². The Balaban J connectivity index is 1.73. The number of rotatable bonds is 8. The van der Waals surface area contributed by atoms with Crippen molar-refractivity contribution in [2.45, 2.75) is 32.7 Å². The molecule has 33 heavy (non-hydrogen) atoms. The van der Waals surface area contributed by atoms with Crippen molar-refractivity contribution in [2.24, 2.45) is 11.7 Å². The van der Waals surface area contributed by atoms with Gasteiger partial charge in [0.2, 0.25) is 0 Å². The van der Waals surface area contributed by atoms with Gasteiger partial charge in [-0.05, 0) is 18.1 Å². The Kier molecular flexibility index (Phi) is 6.43. The van der Waals surface area contributed by atoms with Gasteiger partial charge in [0.25, 0.3) is 0 Å². The van der Waals surface area contributed by atoms with Crippen LogP contribution in [0.2, 0.25) is 0 Å². The molecule has 0 aliphatic rings. The molecule has 1 aromatic carbocycles. The lowest BCUT2D eigenvalue weighted by Gasteiger charge is -2.25. The summed E-state index contributed by atoms with van der Waals surface area (Å²) in [6, 6.07) is 9.04. The van der Waals surface area contributed by atoms with Crippen LogP contribution in [0.4, 0.5) is 14.6 Å². The van der Waals surface area contributed by atoms with Crippen molar-refractivity contribution in [3.63, 3.8) is 0 Å². The molecule has 2 unspecified atom stereocenters. The number of benzene rings is 1. The second kappa shape index (κ2) is 9.43. The molecule has 0 radical (unpaired) electrons. The fraction of sp³-hybridized carbons (Fsp3) is 0.273. The van der Waals surface area contributed by atoms with Crippen LogP contribution in [-0.2, 0) is 6.54 Å². The molecule has 0 saturated heterocycles. The third-order valence-corrected chi connectivity index (χ3v) is 5.12. The molecular weight excluding hydrogens is 432 g/mol. The third-order valence-electron chi connectivity index (χ3n) is 5.12. The van der Waals surface area contributed by atoms with E-state index in [1.807, 2.05) is 13.8 Å². The normalized spacial score (nSPS) is 13.3. The second-order valence-electron chi connectivity index (χ2n) is 7.84. The average Bonchev–Trinajstić information content (AvgIpc) is 3.44. The maximum Gasteiger partial charge on any atom is 0.183 e. The molecule has 4 aromatic rings. The summed E-state index contributed by atoms with van der Waals surface area (Å²) in [5.41, 5.74) is 7.39. The SMILES string of the molecule is CC(C)C(Nc1nc(-c2cc(-c3ccon3)n(Cc3ccccc3F)n2)ncc1F)C(N)O. The van der Waals surface area contributed by atoms with Crippen molar-refractivity contribution in [1.82, 2.24) is 24.9 Å². The molecule has 0 saturated carbocycles. The highest BCUT2D eigenvalue weighted by molar-refractivity contribution is 5.63. The van der Waals surface area contributed by atoms with Crippen LogP contribution in [0.5, 0.6) is 0 Å². The van der Waals surface area contributed by atoms with E-state index in [1.165, 1.54) is 12.3 Å². The summed E-state index contributed by atoms with van der Waals surface area (Å²) in [5.74, 6) is -1.15. The van der Waals surface area contributed by atoms with Gasteiger partial charge in [-0.1, -0.05) is 37.2 Å². The first-order valence-corrected chi connectivity index (χ1v) is 10.3. The highest BCUT2D eigenvalue weighted by atomic mass is 19.1. The topological polar surface area (TPSA) is 128 Å². The van der Waals surface area contributed by atoms with Crippen LogP contribution in [0.3, 0.4) is 0 Å². The van der Waals surface area contributed by atoms with E-state index in [0.717, 1.165) is 6.20 Å². The number of halogens is 2. The Morgan fingerprint density at radius 1 is 1.15 bits per heavy atom. The number of aliphatic hydroxyl groups is 1. The first-order valence-electron chi connectivity index (χ1n) is 10.3. The number of hydrogen-bond acceptors (Lipinski definition) is 8. The van der Waals surface area contributed by atoms with Crippen molar-refractivity contribution < 1.29 is 18.4 Å². The van der Waals surface area contributed by atoms with Crippen LogP contribution in [0.1, 0.15) is 19.4 Å². The first-order chi connectivity index (χ1) is 15.8. The van der Waals surface area contributed by atoms with E-state index in [1.54, 1.807) is 35.0 Å². The Morgan fingerprint density at radius 3 is 2.61 bits per heavy atom. The molecular formula is C22H23F2N7O2. The average molecular weight is 455 g/mol. The van der Waals surface area contributed by atoms with Crippen molar-refractivity contribution in [3.8, 4) is 22.9 Å². The first kappa shape index (κ1) is 22.5. The summed E-state index contributed by atoms with van der Waals surface area (Å²) in [6.07, 6.45) is 1.20. The van der Waals surface area contributed by atoms with Gasteiger partial charge in [-0.15, -0.1) is 0 Å². The van der Waals surface area contributed by atoms with Gasteiger partial charge in [0.15, 0.2) is 17.5 Å². The molecule has 11 heteroatoms. The lowest BCUT2D eigenvalue weighted by atomic mass is 10.0. The van der Waals surface area contributed by atoms with Crippen LogP contribution in [-0.4, -0.2) is 42.3 Å². The summed E-state index contributed by atoms with van der Waals surface area (Å²) >= 11 is 0. The number of nitrogens with zero attached hydrogens (tertiary/aromatic N) is 5. The number of aliphatic hydroxyl groups excluding tert-OH is 1. The van der Waals surface area contributed by atoms with E-state index >= 15 is 0 Å². The molecule has 9 nitrogen and oxygen atoms in total. The Labute approximate surface area is 188 Å². The molecule has 3 aromatic heterocycles. The highest BCUT2D eigenvalue weighted by Crippen LogP contribution is 2.26. The molecule has 3 heterocycles. The Morgan fingerprint density at radius 2 is 1.94 bits per heavy atom.